The van der Waals surface area contributed by atoms with Crippen LogP contribution in [0.25, 0.3) is 11.3 Å². The van der Waals surface area contributed by atoms with E-state index in [1.165, 1.54) is 11.3 Å². The minimum absolute atomic E-state index is 0.180. The number of rotatable bonds is 3. The van der Waals surface area contributed by atoms with E-state index in [1.807, 2.05) is 53.9 Å². The first kappa shape index (κ1) is 14.7. The summed E-state index contributed by atoms with van der Waals surface area (Å²) in [5.74, 6) is 0.966. The summed E-state index contributed by atoms with van der Waals surface area (Å²) in [5.41, 5.74) is 1.85. The van der Waals surface area contributed by atoms with Gasteiger partial charge in [-0.1, -0.05) is 42.5 Å². The van der Waals surface area contributed by atoms with Crippen LogP contribution in [-0.4, -0.2) is 23.6 Å². The number of amides is 1. The Bertz CT molecular complexity index is 863. The van der Waals surface area contributed by atoms with E-state index in [1.54, 1.807) is 6.07 Å². The van der Waals surface area contributed by atoms with Crippen LogP contribution in [0, 0.1) is 0 Å². The van der Waals surface area contributed by atoms with Gasteiger partial charge in [0.1, 0.15) is 6.61 Å². The van der Waals surface area contributed by atoms with E-state index in [0.29, 0.717) is 16.6 Å². The van der Waals surface area contributed by atoms with E-state index in [0.717, 1.165) is 11.3 Å². The van der Waals surface area contributed by atoms with Crippen LogP contribution in [0.5, 0.6) is 11.5 Å². The number of hydrogen-bond donors (Lipinski definition) is 1. The van der Waals surface area contributed by atoms with Gasteiger partial charge in [0.05, 0.1) is 5.69 Å². The molecule has 1 N–H and O–H groups in total. The second-order valence-corrected chi connectivity index (χ2v) is 6.12. The topological polar surface area (TPSA) is 60.5 Å². The Kier molecular flexibility index (Phi) is 3.88. The molecule has 1 aromatic heterocycles. The molecule has 0 bridgehead atoms. The van der Waals surface area contributed by atoms with Crippen LogP contribution in [0.15, 0.2) is 60.0 Å². The summed E-state index contributed by atoms with van der Waals surface area (Å²) in [4.78, 5) is 16.8. The van der Waals surface area contributed by atoms with Crippen molar-refractivity contribution in [3.8, 4) is 22.8 Å². The summed E-state index contributed by atoms with van der Waals surface area (Å²) in [6.07, 6.45) is -0.691. The second kappa shape index (κ2) is 6.33. The van der Waals surface area contributed by atoms with Crippen LogP contribution in [0.4, 0.5) is 5.13 Å². The number of nitrogens with one attached hydrogen (secondary N) is 1. The zero-order valence-corrected chi connectivity index (χ0v) is 13.5. The lowest BCUT2D eigenvalue weighted by Gasteiger charge is -2.25. The van der Waals surface area contributed by atoms with Gasteiger partial charge in [0.25, 0.3) is 5.91 Å². The number of carbonyl (C=O) groups is 1. The van der Waals surface area contributed by atoms with E-state index in [4.69, 9.17) is 9.47 Å². The number of aromatic nitrogens is 1. The third-order valence-electron chi connectivity index (χ3n) is 3.60. The molecular weight excluding hydrogens is 324 g/mol. The highest BCUT2D eigenvalue weighted by atomic mass is 32.1. The zero-order valence-electron chi connectivity index (χ0n) is 12.6. The summed E-state index contributed by atoms with van der Waals surface area (Å²) in [6, 6.07) is 17.1. The van der Waals surface area contributed by atoms with Crippen LogP contribution in [-0.2, 0) is 4.79 Å². The first-order valence-electron chi connectivity index (χ1n) is 7.50. The first-order chi connectivity index (χ1) is 11.8. The van der Waals surface area contributed by atoms with Gasteiger partial charge in [-0.25, -0.2) is 4.98 Å². The number of hydrogen-bond acceptors (Lipinski definition) is 5. The minimum atomic E-state index is -0.691. The van der Waals surface area contributed by atoms with E-state index < -0.39 is 6.10 Å². The van der Waals surface area contributed by atoms with Gasteiger partial charge in [-0.05, 0) is 12.1 Å². The molecule has 0 spiro atoms. The highest BCUT2D eigenvalue weighted by Crippen LogP contribution is 2.31. The van der Waals surface area contributed by atoms with Crippen molar-refractivity contribution in [3.05, 3.63) is 60.0 Å². The van der Waals surface area contributed by atoms with Crippen molar-refractivity contribution in [2.24, 2.45) is 0 Å². The van der Waals surface area contributed by atoms with Crippen molar-refractivity contribution >= 4 is 22.4 Å². The summed E-state index contributed by atoms with van der Waals surface area (Å²) >= 11 is 1.38. The lowest BCUT2D eigenvalue weighted by Crippen LogP contribution is -2.40. The maximum absolute atomic E-state index is 12.4. The third kappa shape index (κ3) is 2.96. The number of thiazole rings is 1. The average molecular weight is 338 g/mol. The molecule has 24 heavy (non-hydrogen) atoms. The molecule has 0 saturated heterocycles. The largest absolute Gasteiger partial charge is 0.485 e. The molecule has 1 aliphatic heterocycles. The Balaban J connectivity index is 1.45. The van der Waals surface area contributed by atoms with Gasteiger partial charge < -0.3 is 9.47 Å². The number of carbonyl (C=O) groups excluding carboxylic acids is 1. The summed E-state index contributed by atoms with van der Waals surface area (Å²) in [5, 5.41) is 5.25. The lowest BCUT2D eigenvalue weighted by molar-refractivity contribution is -0.125. The van der Waals surface area contributed by atoms with E-state index in [-0.39, 0.29) is 12.5 Å². The van der Waals surface area contributed by atoms with E-state index in [2.05, 4.69) is 10.3 Å². The zero-order chi connectivity index (χ0) is 16.4. The van der Waals surface area contributed by atoms with Crippen molar-refractivity contribution in [1.82, 2.24) is 4.98 Å². The molecule has 3 aromatic rings. The van der Waals surface area contributed by atoms with Gasteiger partial charge >= 0.3 is 0 Å². The Morgan fingerprint density at radius 2 is 1.83 bits per heavy atom. The summed E-state index contributed by atoms with van der Waals surface area (Å²) < 4.78 is 11.3. The number of ether oxygens (including phenoxy) is 2. The van der Waals surface area contributed by atoms with E-state index >= 15 is 0 Å². The Hall–Kier alpha value is -2.86. The van der Waals surface area contributed by atoms with Gasteiger partial charge in [-0.2, -0.15) is 0 Å². The molecule has 120 valence electrons. The molecule has 1 aliphatic rings. The van der Waals surface area contributed by atoms with Gasteiger partial charge in [0.15, 0.2) is 16.6 Å². The van der Waals surface area contributed by atoms with E-state index in [9.17, 15) is 4.79 Å². The number of nitrogens with zero attached hydrogens (tertiary/aromatic N) is 1. The molecule has 0 unspecified atom stereocenters. The van der Waals surface area contributed by atoms with Crippen LogP contribution in [0.2, 0.25) is 0 Å². The average Bonchev–Trinajstić information content (AvgIpc) is 3.10. The molecular formula is C18H14N2O3S. The quantitative estimate of drug-likeness (QED) is 0.793. The Morgan fingerprint density at radius 3 is 2.67 bits per heavy atom. The molecule has 0 radical (unpaired) electrons. The summed E-state index contributed by atoms with van der Waals surface area (Å²) in [7, 11) is 0. The molecule has 1 amide bonds. The Labute approximate surface area is 142 Å². The second-order valence-electron chi connectivity index (χ2n) is 5.26. The van der Waals surface area contributed by atoms with Crippen LogP contribution < -0.4 is 14.8 Å². The highest BCUT2D eigenvalue weighted by molar-refractivity contribution is 7.14. The van der Waals surface area contributed by atoms with Crippen LogP contribution in [0.1, 0.15) is 0 Å². The van der Waals surface area contributed by atoms with Gasteiger partial charge in [0.2, 0.25) is 6.10 Å². The Morgan fingerprint density at radius 1 is 1.08 bits per heavy atom. The maximum atomic E-state index is 12.4. The van der Waals surface area contributed by atoms with Crippen LogP contribution in [0.3, 0.4) is 0 Å². The molecule has 1 atom stereocenters. The van der Waals surface area contributed by atoms with Crippen molar-refractivity contribution in [3.63, 3.8) is 0 Å². The maximum Gasteiger partial charge on any atom is 0.270 e. The fourth-order valence-corrected chi connectivity index (χ4v) is 3.13. The normalized spacial score (nSPS) is 15.8. The van der Waals surface area contributed by atoms with Gasteiger partial charge in [0, 0.05) is 10.9 Å². The lowest BCUT2D eigenvalue weighted by atomic mass is 10.2. The van der Waals surface area contributed by atoms with Crippen molar-refractivity contribution < 1.29 is 14.3 Å². The SMILES string of the molecule is O=C(Nc1nc(-c2ccccc2)cs1)[C@H]1COc2ccccc2O1. The first-order valence-corrected chi connectivity index (χ1v) is 8.38. The fourth-order valence-electron chi connectivity index (χ4n) is 2.41. The van der Waals surface area contributed by atoms with Gasteiger partial charge in [-0.15, -0.1) is 11.3 Å². The van der Waals surface area contributed by atoms with Crippen molar-refractivity contribution in [1.29, 1.82) is 0 Å². The van der Waals surface area contributed by atoms with Crippen LogP contribution >= 0.6 is 11.3 Å². The molecule has 0 saturated carbocycles. The molecule has 0 fully saturated rings. The standard InChI is InChI=1S/C18H14N2O3S/c21-17(16-10-22-14-8-4-5-9-15(14)23-16)20-18-19-13(11-24-18)12-6-2-1-3-7-12/h1-9,11,16H,10H2,(H,19,20,21)/t16-/m1/s1. The smallest absolute Gasteiger partial charge is 0.270 e. The highest BCUT2D eigenvalue weighted by Gasteiger charge is 2.27. The molecule has 0 aliphatic carbocycles. The molecule has 2 aromatic carbocycles. The summed E-state index contributed by atoms with van der Waals surface area (Å²) in [6.45, 7) is 0.180. The van der Waals surface area contributed by atoms with Crippen molar-refractivity contribution in [2.75, 3.05) is 11.9 Å². The minimum Gasteiger partial charge on any atom is -0.485 e. The molecule has 6 heteroatoms. The number of anilines is 1. The predicted octanol–water partition coefficient (Wildman–Crippen LogP) is 3.59. The predicted molar refractivity (Wildman–Crippen MR) is 92.5 cm³/mol. The number of benzene rings is 2. The third-order valence-corrected chi connectivity index (χ3v) is 4.36. The fraction of sp³-hybridized carbons (Fsp3) is 0.111. The number of fused-ring (bicyclic) bond motifs is 1. The van der Waals surface area contributed by atoms with Crippen molar-refractivity contribution in [2.45, 2.75) is 6.10 Å². The molecule has 5 nitrogen and oxygen atoms in total. The molecule has 4 rings (SSSR count). The molecule has 2 heterocycles. The van der Waals surface area contributed by atoms with Gasteiger partial charge in [-0.3, -0.25) is 10.1 Å². The monoisotopic (exact) mass is 338 g/mol. The number of para-hydroxylation sites is 2.